The molecule has 0 N–H and O–H groups in total. The summed E-state index contributed by atoms with van der Waals surface area (Å²) in [7, 11) is 2.12. The quantitative estimate of drug-likeness (QED) is 0.324. The first-order chi connectivity index (χ1) is 14.5. The van der Waals surface area contributed by atoms with Crippen LogP contribution in [0.5, 0.6) is 0 Å². The monoisotopic (exact) mass is 415 g/mol. The predicted octanol–water partition coefficient (Wildman–Crippen LogP) is 6.92. The molecule has 0 saturated carbocycles. The second kappa shape index (κ2) is 8.61. The standard InChI is InChI=1S/C27H31N2S/c1-6-29-25-17-20(3)21(4)18-26(25)30-27(29)14-12-19(2)11-13-22-15-16-28(5)24-10-8-7-9-23(22)24/h7-12,14-18,22H,6,13H2,1-5H3/q+1/b14-12+,19-11+. The fourth-order valence-electron chi connectivity index (χ4n) is 4.13. The Bertz CT molecular complexity index is 1160. The van der Waals surface area contributed by atoms with Gasteiger partial charge >= 0.3 is 0 Å². The summed E-state index contributed by atoms with van der Waals surface area (Å²) in [5, 5.41) is 1.31. The van der Waals surface area contributed by atoms with Gasteiger partial charge in [0.2, 0.25) is 5.52 Å². The Labute approximate surface area is 184 Å². The van der Waals surface area contributed by atoms with Gasteiger partial charge in [0.05, 0.1) is 0 Å². The van der Waals surface area contributed by atoms with Crippen molar-refractivity contribution in [3.05, 3.63) is 88.1 Å². The summed E-state index contributed by atoms with van der Waals surface area (Å²) in [6.07, 6.45) is 12.4. The van der Waals surface area contributed by atoms with Gasteiger partial charge in [-0.3, -0.25) is 0 Å². The smallest absolute Gasteiger partial charge is 0.262 e. The Morgan fingerprint density at radius 3 is 2.73 bits per heavy atom. The number of aryl methyl sites for hydroxylation is 3. The van der Waals surface area contributed by atoms with Crippen molar-refractivity contribution >= 4 is 33.3 Å². The molecule has 154 valence electrons. The number of aromatic nitrogens is 1. The van der Waals surface area contributed by atoms with E-state index < -0.39 is 0 Å². The molecular formula is C27H31N2S+. The van der Waals surface area contributed by atoms with Crippen molar-refractivity contribution in [3.63, 3.8) is 0 Å². The van der Waals surface area contributed by atoms with Crippen LogP contribution < -0.4 is 9.47 Å². The van der Waals surface area contributed by atoms with Crippen LogP contribution in [0.1, 0.15) is 47.9 Å². The maximum absolute atomic E-state index is 2.42. The molecule has 0 radical (unpaired) electrons. The Hall–Kier alpha value is -2.65. The summed E-state index contributed by atoms with van der Waals surface area (Å²) in [6.45, 7) is 9.82. The minimum atomic E-state index is 0.441. The van der Waals surface area contributed by atoms with E-state index in [4.69, 9.17) is 0 Å². The Balaban J connectivity index is 1.55. The summed E-state index contributed by atoms with van der Waals surface area (Å²) in [5.74, 6) is 0.441. The van der Waals surface area contributed by atoms with Crippen molar-refractivity contribution in [2.75, 3.05) is 11.9 Å². The van der Waals surface area contributed by atoms with E-state index in [1.54, 1.807) is 0 Å². The molecule has 1 aromatic heterocycles. The van der Waals surface area contributed by atoms with Gasteiger partial charge in [-0.1, -0.05) is 53.3 Å². The third-order valence-electron chi connectivity index (χ3n) is 6.10. The lowest BCUT2D eigenvalue weighted by Gasteiger charge is -2.27. The fraction of sp³-hybridized carbons (Fsp3) is 0.296. The largest absolute Gasteiger partial charge is 0.351 e. The lowest BCUT2D eigenvalue weighted by Crippen LogP contribution is -2.33. The van der Waals surface area contributed by atoms with Crippen LogP contribution in [-0.4, -0.2) is 7.05 Å². The van der Waals surface area contributed by atoms with Crippen molar-refractivity contribution in [1.29, 1.82) is 0 Å². The number of para-hydroxylation sites is 1. The Kier molecular flexibility index (Phi) is 5.92. The molecule has 0 spiro atoms. The van der Waals surface area contributed by atoms with Gasteiger partial charge in [-0.25, -0.2) is 0 Å². The first kappa shape index (κ1) is 20.6. The van der Waals surface area contributed by atoms with Gasteiger partial charge in [0.15, 0.2) is 0 Å². The number of rotatable bonds is 5. The number of hydrogen-bond acceptors (Lipinski definition) is 2. The molecule has 1 unspecified atom stereocenters. The molecule has 1 atom stereocenters. The fourth-order valence-corrected chi connectivity index (χ4v) is 5.34. The third kappa shape index (κ3) is 3.99. The number of anilines is 1. The van der Waals surface area contributed by atoms with E-state index in [2.05, 4.69) is 111 Å². The second-order valence-electron chi connectivity index (χ2n) is 8.22. The molecule has 0 fully saturated rings. The maximum Gasteiger partial charge on any atom is 0.262 e. The first-order valence-corrected chi connectivity index (χ1v) is 11.6. The summed E-state index contributed by atoms with van der Waals surface area (Å²) in [5.41, 5.74) is 8.11. The van der Waals surface area contributed by atoms with Gasteiger partial charge in [-0.15, -0.1) is 0 Å². The van der Waals surface area contributed by atoms with E-state index in [0.29, 0.717) is 5.92 Å². The van der Waals surface area contributed by atoms with Gasteiger partial charge in [0.1, 0.15) is 11.2 Å². The highest BCUT2D eigenvalue weighted by molar-refractivity contribution is 7.18. The molecule has 30 heavy (non-hydrogen) atoms. The lowest BCUT2D eigenvalue weighted by atomic mass is 9.91. The van der Waals surface area contributed by atoms with Crippen molar-refractivity contribution in [2.45, 2.75) is 46.6 Å². The van der Waals surface area contributed by atoms with Gasteiger partial charge in [0.25, 0.3) is 5.01 Å². The van der Waals surface area contributed by atoms with Crippen LogP contribution in [0.2, 0.25) is 0 Å². The van der Waals surface area contributed by atoms with E-state index >= 15 is 0 Å². The number of benzene rings is 2. The number of thiazole rings is 1. The van der Waals surface area contributed by atoms with Gasteiger partial charge in [-0.2, -0.15) is 4.57 Å². The average Bonchev–Trinajstić information content (AvgIpc) is 3.08. The van der Waals surface area contributed by atoms with Crippen LogP contribution in [0, 0.1) is 13.8 Å². The van der Waals surface area contributed by atoms with Crippen LogP contribution in [0.4, 0.5) is 5.69 Å². The van der Waals surface area contributed by atoms with E-state index in [0.717, 1.165) is 13.0 Å². The zero-order valence-electron chi connectivity index (χ0n) is 18.6. The number of allylic oxidation sites excluding steroid dienone is 4. The third-order valence-corrected chi connectivity index (χ3v) is 7.22. The topological polar surface area (TPSA) is 7.12 Å². The molecule has 4 rings (SSSR count). The maximum atomic E-state index is 2.42. The minimum Gasteiger partial charge on any atom is -0.351 e. The van der Waals surface area contributed by atoms with E-state index in [-0.39, 0.29) is 0 Å². The molecule has 2 aromatic carbocycles. The minimum absolute atomic E-state index is 0.441. The molecule has 3 aromatic rings. The molecule has 1 aliphatic rings. The van der Waals surface area contributed by atoms with Crippen LogP contribution in [0.3, 0.4) is 0 Å². The zero-order chi connectivity index (χ0) is 21.3. The highest BCUT2D eigenvalue weighted by Gasteiger charge is 2.19. The summed E-state index contributed by atoms with van der Waals surface area (Å²) >= 11 is 1.88. The molecular weight excluding hydrogens is 384 g/mol. The van der Waals surface area contributed by atoms with Crippen LogP contribution in [-0.2, 0) is 6.54 Å². The number of fused-ring (bicyclic) bond motifs is 2. The Morgan fingerprint density at radius 1 is 1.17 bits per heavy atom. The van der Waals surface area contributed by atoms with Crippen molar-refractivity contribution in [1.82, 2.24) is 0 Å². The molecule has 1 aliphatic heterocycles. The van der Waals surface area contributed by atoms with Crippen molar-refractivity contribution in [3.8, 4) is 0 Å². The molecule has 0 amide bonds. The molecule has 0 saturated heterocycles. The average molecular weight is 416 g/mol. The van der Waals surface area contributed by atoms with Crippen LogP contribution in [0.15, 0.2) is 66.4 Å². The van der Waals surface area contributed by atoms with Gasteiger partial charge in [0, 0.05) is 37.0 Å². The number of nitrogens with zero attached hydrogens (tertiary/aromatic N) is 2. The van der Waals surface area contributed by atoms with Crippen LogP contribution >= 0.6 is 11.3 Å². The predicted molar refractivity (Wildman–Crippen MR) is 131 cm³/mol. The summed E-state index contributed by atoms with van der Waals surface area (Å²) in [6, 6.07) is 13.4. The molecule has 0 bridgehead atoms. The molecule has 3 heteroatoms. The normalized spacial score (nSPS) is 16.6. The molecule has 2 nitrogen and oxygen atoms in total. The van der Waals surface area contributed by atoms with Crippen molar-refractivity contribution < 1.29 is 4.57 Å². The molecule has 2 heterocycles. The zero-order valence-corrected chi connectivity index (χ0v) is 19.5. The van der Waals surface area contributed by atoms with E-state index in [1.165, 1.54) is 43.2 Å². The van der Waals surface area contributed by atoms with Crippen molar-refractivity contribution in [2.24, 2.45) is 0 Å². The highest BCUT2D eigenvalue weighted by atomic mass is 32.1. The molecule has 0 aliphatic carbocycles. The van der Waals surface area contributed by atoms with E-state index in [9.17, 15) is 0 Å². The SMILES string of the molecule is CC[n+]1c(/C=C/C(C)=C/CC2C=CN(C)c3ccccc32)sc2cc(C)c(C)cc21. The highest BCUT2D eigenvalue weighted by Crippen LogP contribution is 2.35. The number of hydrogen-bond donors (Lipinski definition) is 0. The second-order valence-corrected chi connectivity index (χ2v) is 9.29. The first-order valence-electron chi connectivity index (χ1n) is 10.8. The van der Waals surface area contributed by atoms with Crippen LogP contribution in [0.25, 0.3) is 16.3 Å². The van der Waals surface area contributed by atoms with E-state index in [1.807, 2.05) is 11.3 Å². The Morgan fingerprint density at radius 2 is 1.93 bits per heavy atom. The lowest BCUT2D eigenvalue weighted by molar-refractivity contribution is -0.665. The van der Waals surface area contributed by atoms with Gasteiger partial charge < -0.3 is 4.90 Å². The summed E-state index contributed by atoms with van der Waals surface area (Å²) in [4.78, 5) is 2.21. The van der Waals surface area contributed by atoms with Gasteiger partial charge in [-0.05, 0) is 62.9 Å². The summed E-state index contributed by atoms with van der Waals surface area (Å²) < 4.78 is 3.79.